The number of pyridine rings is 3. The molecule has 0 bridgehead atoms. The van der Waals surface area contributed by atoms with Gasteiger partial charge in [-0.3, -0.25) is 24.8 Å². The Balaban J connectivity index is 1.40. The van der Waals surface area contributed by atoms with Crippen molar-refractivity contribution in [1.82, 2.24) is 30.1 Å². The molecule has 0 atom stereocenters. The summed E-state index contributed by atoms with van der Waals surface area (Å²) in [6.07, 6.45) is 10.7. The Morgan fingerprint density at radius 3 is 2.41 bits per heavy atom. The van der Waals surface area contributed by atoms with Crippen molar-refractivity contribution in [3.05, 3.63) is 79.6 Å². The van der Waals surface area contributed by atoms with E-state index in [1.165, 1.54) is 0 Å². The normalized spacial score (nSPS) is 11.8. The second-order valence-electron chi connectivity index (χ2n) is 10.1. The molecule has 1 amide bonds. The highest BCUT2D eigenvalue weighted by Crippen LogP contribution is 2.35. The zero-order chi connectivity index (χ0) is 25.6. The second-order valence-corrected chi connectivity index (χ2v) is 10.1. The highest BCUT2D eigenvalue weighted by Gasteiger charge is 2.21. The molecule has 0 fully saturated rings. The minimum Gasteiger partial charge on any atom is -0.352 e. The zero-order valence-electron chi connectivity index (χ0n) is 20.7. The number of nitrogens with one attached hydrogen (secondary N) is 3. The molecule has 0 saturated heterocycles. The van der Waals surface area contributed by atoms with E-state index in [0.29, 0.717) is 5.69 Å². The van der Waals surface area contributed by atoms with Crippen molar-refractivity contribution in [2.75, 3.05) is 5.32 Å². The zero-order valence-corrected chi connectivity index (χ0v) is 20.7. The van der Waals surface area contributed by atoms with Gasteiger partial charge in [0.1, 0.15) is 5.69 Å². The topological polar surface area (TPSA) is 112 Å². The molecule has 3 N–H and O–H groups in total. The first kappa shape index (κ1) is 22.6. The van der Waals surface area contributed by atoms with Crippen LogP contribution in [0.25, 0.3) is 55.4 Å². The molecule has 8 nitrogen and oxygen atoms in total. The van der Waals surface area contributed by atoms with Gasteiger partial charge in [-0.05, 0) is 47.5 Å². The number of carbonyl (C=O) groups excluding carboxylic acids is 1. The first-order valence-electron chi connectivity index (χ1n) is 12.0. The maximum Gasteiger partial charge on any atom is 0.229 e. The number of amides is 1. The molecule has 37 heavy (non-hydrogen) atoms. The number of carbonyl (C=O) groups is 1. The van der Waals surface area contributed by atoms with Crippen LogP contribution in [0.5, 0.6) is 0 Å². The van der Waals surface area contributed by atoms with Crippen molar-refractivity contribution < 1.29 is 4.79 Å². The summed E-state index contributed by atoms with van der Waals surface area (Å²) in [7, 11) is 0. The summed E-state index contributed by atoms with van der Waals surface area (Å²) in [5.41, 5.74) is 7.71. The highest BCUT2D eigenvalue weighted by atomic mass is 16.2. The lowest BCUT2D eigenvalue weighted by Gasteiger charge is -2.17. The Morgan fingerprint density at radius 2 is 1.59 bits per heavy atom. The largest absolute Gasteiger partial charge is 0.352 e. The minimum atomic E-state index is -0.493. The smallest absolute Gasteiger partial charge is 0.229 e. The first-order valence-corrected chi connectivity index (χ1v) is 12.0. The molecular formula is C29H25N7O. The van der Waals surface area contributed by atoms with E-state index in [1.807, 2.05) is 63.5 Å². The molecule has 0 aliphatic rings. The molecule has 1 aromatic carbocycles. The van der Waals surface area contributed by atoms with Crippen molar-refractivity contribution in [3.63, 3.8) is 0 Å². The van der Waals surface area contributed by atoms with Crippen LogP contribution >= 0.6 is 0 Å². The fourth-order valence-electron chi connectivity index (χ4n) is 4.32. The van der Waals surface area contributed by atoms with E-state index >= 15 is 0 Å². The van der Waals surface area contributed by atoms with Crippen LogP contribution in [0.1, 0.15) is 20.8 Å². The van der Waals surface area contributed by atoms with E-state index in [9.17, 15) is 4.79 Å². The molecular weight excluding hydrogens is 462 g/mol. The van der Waals surface area contributed by atoms with Crippen molar-refractivity contribution in [2.45, 2.75) is 20.8 Å². The third-order valence-corrected chi connectivity index (χ3v) is 6.37. The maximum atomic E-state index is 12.4. The number of hydrogen-bond donors (Lipinski definition) is 3. The molecule has 182 valence electrons. The number of benzene rings is 1. The predicted molar refractivity (Wildman–Crippen MR) is 146 cm³/mol. The lowest BCUT2D eigenvalue weighted by molar-refractivity contribution is -0.123. The number of anilines is 1. The summed E-state index contributed by atoms with van der Waals surface area (Å²) in [5.74, 6) is -0.0570. The van der Waals surface area contributed by atoms with E-state index in [4.69, 9.17) is 0 Å². The molecule has 5 heterocycles. The van der Waals surface area contributed by atoms with E-state index in [2.05, 4.69) is 47.6 Å². The van der Waals surface area contributed by atoms with Crippen molar-refractivity contribution in [1.29, 1.82) is 0 Å². The van der Waals surface area contributed by atoms with Gasteiger partial charge in [0.2, 0.25) is 5.91 Å². The molecule has 5 aromatic heterocycles. The Morgan fingerprint density at radius 1 is 0.784 bits per heavy atom. The van der Waals surface area contributed by atoms with Crippen LogP contribution in [-0.4, -0.2) is 36.0 Å². The minimum absolute atomic E-state index is 0.0570. The average Bonchev–Trinajstić information content (AvgIpc) is 3.52. The summed E-state index contributed by atoms with van der Waals surface area (Å²) in [6, 6.07) is 14.1. The molecule has 6 aromatic rings. The van der Waals surface area contributed by atoms with Crippen LogP contribution in [-0.2, 0) is 4.79 Å². The highest BCUT2D eigenvalue weighted by molar-refractivity contribution is 6.01. The van der Waals surface area contributed by atoms with Gasteiger partial charge < -0.3 is 10.3 Å². The Labute approximate surface area is 213 Å². The van der Waals surface area contributed by atoms with Crippen LogP contribution in [0, 0.1) is 5.41 Å². The summed E-state index contributed by atoms with van der Waals surface area (Å²) < 4.78 is 0. The van der Waals surface area contributed by atoms with Gasteiger partial charge in [0.15, 0.2) is 0 Å². The van der Waals surface area contributed by atoms with Crippen molar-refractivity contribution in [2.24, 2.45) is 5.41 Å². The van der Waals surface area contributed by atoms with Gasteiger partial charge in [-0.2, -0.15) is 5.10 Å². The lowest BCUT2D eigenvalue weighted by atomic mass is 9.95. The Bertz CT molecular complexity index is 1760. The van der Waals surface area contributed by atoms with Gasteiger partial charge >= 0.3 is 0 Å². The first-order chi connectivity index (χ1) is 17.9. The van der Waals surface area contributed by atoms with E-state index < -0.39 is 5.41 Å². The summed E-state index contributed by atoms with van der Waals surface area (Å²) >= 11 is 0. The van der Waals surface area contributed by atoms with Gasteiger partial charge in [0.25, 0.3) is 0 Å². The van der Waals surface area contributed by atoms with Crippen LogP contribution in [0.2, 0.25) is 0 Å². The molecule has 0 radical (unpaired) electrons. The quantitative estimate of drug-likeness (QED) is 0.273. The molecule has 0 saturated carbocycles. The molecule has 6 rings (SSSR count). The third kappa shape index (κ3) is 4.23. The number of nitrogens with zero attached hydrogens (tertiary/aromatic N) is 4. The van der Waals surface area contributed by atoms with E-state index in [-0.39, 0.29) is 5.91 Å². The van der Waals surface area contributed by atoms with Crippen LogP contribution in [0.4, 0.5) is 5.69 Å². The van der Waals surface area contributed by atoms with Gasteiger partial charge in [0, 0.05) is 52.1 Å². The van der Waals surface area contributed by atoms with Gasteiger partial charge in [-0.15, -0.1) is 0 Å². The monoisotopic (exact) mass is 487 g/mol. The van der Waals surface area contributed by atoms with Crippen LogP contribution in [0.3, 0.4) is 0 Å². The predicted octanol–water partition coefficient (Wildman–Crippen LogP) is 6.21. The number of rotatable bonds is 4. The van der Waals surface area contributed by atoms with Crippen LogP contribution < -0.4 is 5.32 Å². The molecule has 0 aliphatic carbocycles. The summed E-state index contributed by atoms with van der Waals surface area (Å²) in [6.45, 7) is 5.65. The summed E-state index contributed by atoms with van der Waals surface area (Å²) in [5, 5.41) is 12.8. The number of hydrogen-bond acceptors (Lipinski definition) is 5. The van der Waals surface area contributed by atoms with E-state index in [1.54, 1.807) is 24.8 Å². The SMILES string of the molecule is CC(C)(C)C(=O)Nc1cncc(-c2ccc3[nH]nc(-c4cc5c(-c6ccncc6)cncc5[nH]4)c3c2)c1. The third-order valence-electron chi connectivity index (χ3n) is 6.37. The lowest BCUT2D eigenvalue weighted by Crippen LogP contribution is -2.27. The van der Waals surface area contributed by atoms with Gasteiger partial charge in [-0.25, -0.2) is 0 Å². The number of fused-ring (bicyclic) bond motifs is 2. The Kier molecular flexibility index (Phi) is 5.30. The van der Waals surface area contributed by atoms with Gasteiger partial charge in [0.05, 0.1) is 34.8 Å². The molecule has 0 aliphatic heterocycles. The molecule has 0 unspecified atom stereocenters. The van der Waals surface area contributed by atoms with Crippen molar-refractivity contribution >= 4 is 33.4 Å². The van der Waals surface area contributed by atoms with Crippen molar-refractivity contribution in [3.8, 4) is 33.6 Å². The number of aromatic nitrogens is 6. The Hall–Kier alpha value is -4.85. The molecule has 8 heteroatoms. The molecule has 0 spiro atoms. The average molecular weight is 488 g/mol. The van der Waals surface area contributed by atoms with Gasteiger partial charge in [-0.1, -0.05) is 26.8 Å². The van der Waals surface area contributed by atoms with E-state index in [0.717, 1.165) is 55.4 Å². The maximum absolute atomic E-state index is 12.4. The number of aromatic amines is 2. The summed E-state index contributed by atoms with van der Waals surface area (Å²) in [4.78, 5) is 28.8. The fourth-order valence-corrected chi connectivity index (χ4v) is 4.32. The standard InChI is InChI=1S/C29H25N7O/c1-29(2,3)28(37)33-20-10-19(13-31-14-20)18-4-5-24-22(11-18)27(36-35-24)25-12-21-23(15-32-16-26(21)34-25)17-6-8-30-9-7-17/h4-16,34H,1-3H3,(H,33,37)(H,35,36). The fraction of sp³-hybridized carbons (Fsp3) is 0.138. The number of H-pyrrole nitrogens is 2. The second kappa shape index (κ2) is 8.67. The van der Waals surface area contributed by atoms with Crippen LogP contribution in [0.15, 0.2) is 79.6 Å².